The van der Waals surface area contributed by atoms with Gasteiger partial charge in [-0.2, -0.15) is 0 Å². The van der Waals surface area contributed by atoms with Crippen LogP contribution in [-0.2, 0) is 0 Å². The van der Waals surface area contributed by atoms with E-state index in [0.29, 0.717) is 28.3 Å². The molecule has 0 fully saturated rings. The highest BCUT2D eigenvalue weighted by Gasteiger charge is 2.14. The first kappa shape index (κ1) is 16.7. The topological polar surface area (TPSA) is 99.1 Å². The first-order valence-corrected chi connectivity index (χ1v) is 8.27. The Labute approximate surface area is 154 Å². The lowest BCUT2D eigenvalue weighted by Gasteiger charge is -2.02. The predicted molar refractivity (Wildman–Crippen MR) is 103 cm³/mol. The molecule has 0 aliphatic carbocycles. The van der Waals surface area contributed by atoms with Crippen molar-refractivity contribution < 1.29 is 19.7 Å². The van der Waals surface area contributed by atoms with E-state index < -0.39 is 0 Å². The molecule has 3 aromatic carbocycles. The third-order valence-electron chi connectivity index (χ3n) is 4.20. The third kappa shape index (κ3) is 3.20. The fourth-order valence-corrected chi connectivity index (χ4v) is 2.76. The lowest BCUT2D eigenvalue weighted by Crippen LogP contribution is -1.83. The van der Waals surface area contributed by atoms with Crippen molar-refractivity contribution >= 4 is 23.0 Å². The monoisotopic (exact) mass is 360 g/mol. The number of hydrogen-bond donors (Lipinski definition) is 3. The highest BCUT2D eigenvalue weighted by Crippen LogP contribution is 2.34. The molecular formula is C21H16N2O4. The standard InChI is InChI=1S/C21H16N2O4/c1-12-3-2-4-19-20(12)23-21(27-19)16-9-14(6-8-17(16)25)22-11-13-5-7-15(24)10-18(13)26/h2-11,24-26H,1H3. The van der Waals surface area contributed by atoms with E-state index in [2.05, 4.69) is 9.98 Å². The normalized spacial score (nSPS) is 11.4. The van der Waals surface area contributed by atoms with Gasteiger partial charge in [-0.25, -0.2) is 4.98 Å². The van der Waals surface area contributed by atoms with Crippen LogP contribution in [0.5, 0.6) is 17.2 Å². The quantitative estimate of drug-likeness (QED) is 0.461. The van der Waals surface area contributed by atoms with Gasteiger partial charge in [0.15, 0.2) is 5.58 Å². The van der Waals surface area contributed by atoms with Crippen molar-refractivity contribution in [1.29, 1.82) is 0 Å². The van der Waals surface area contributed by atoms with Gasteiger partial charge in [0.05, 0.1) is 11.3 Å². The van der Waals surface area contributed by atoms with Crippen LogP contribution in [0.3, 0.4) is 0 Å². The molecule has 134 valence electrons. The Balaban J connectivity index is 1.72. The van der Waals surface area contributed by atoms with Gasteiger partial charge in [-0.05, 0) is 48.9 Å². The van der Waals surface area contributed by atoms with Crippen LogP contribution in [0.2, 0.25) is 0 Å². The molecule has 27 heavy (non-hydrogen) atoms. The number of phenols is 3. The van der Waals surface area contributed by atoms with Crippen molar-refractivity contribution in [2.24, 2.45) is 4.99 Å². The van der Waals surface area contributed by atoms with E-state index in [0.717, 1.165) is 11.1 Å². The molecule has 0 aliphatic heterocycles. The van der Waals surface area contributed by atoms with Crippen molar-refractivity contribution in [3.8, 4) is 28.7 Å². The zero-order valence-corrected chi connectivity index (χ0v) is 14.4. The van der Waals surface area contributed by atoms with E-state index in [1.54, 1.807) is 18.2 Å². The maximum absolute atomic E-state index is 10.2. The number of para-hydroxylation sites is 1. The highest BCUT2D eigenvalue weighted by atomic mass is 16.3. The van der Waals surface area contributed by atoms with Crippen LogP contribution in [0.15, 0.2) is 64.0 Å². The van der Waals surface area contributed by atoms with E-state index in [-0.39, 0.29) is 17.2 Å². The third-order valence-corrected chi connectivity index (χ3v) is 4.20. The van der Waals surface area contributed by atoms with Crippen molar-refractivity contribution in [2.75, 3.05) is 0 Å². The molecule has 0 aliphatic rings. The molecule has 3 N–H and O–H groups in total. The molecule has 0 radical (unpaired) electrons. The van der Waals surface area contributed by atoms with E-state index in [1.165, 1.54) is 24.4 Å². The van der Waals surface area contributed by atoms with Gasteiger partial charge in [-0.1, -0.05) is 12.1 Å². The molecule has 0 bridgehead atoms. The number of hydrogen-bond acceptors (Lipinski definition) is 6. The number of aromatic hydroxyl groups is 3. The van der Waals surface area contributed by atoms with Crippen LogP contribution in [0.1, 0.15) is 11.1 Å². The lowest BCUT2D eigenvalue weighted by atomic mass is 10.1. The smallest absolute Gasteiger partial charge is 0.231 e. The maximum Gasteiger partial charge on any atom is 0.231 e. The number of nitrogens with zero attached hydrogens (tertiary/aromatic N) is 2. The predicted octanol–water partition coefficient (Wildman–Crippen LogP) is 4.67. The van der Waals surface area contributed by atoms with Crippen LogP contribution in [0, 0.1) is 6.92 Å². The Morgan fingerprint density at radius 3 is 2.59 bits per heavy atom. The van der Waals surface area contributed by atoms with Gasteiger partial charge < -0.3 is 19.7 Å². The van der Waals surface area contributed by atoms with Crippen LogP contribution < -0.4 is 0 Å². The van der Waals surface area contributed by atoms with Gasteiger partial charge in [-0.3, -0.25) is 4.99 Å². The minimum Gasteiger partial charge on any atom is -0.508 e. The SMILES string of the molecule is Cc1cccc2oc(-c3cc(N=Cc4ccc(O)cc4O)ccc3O)nc12. The average molecular weight is 360 g/mol. The highest BCUT2D eigenvalue weighted by molar-refractivity contribution is 5.86. The molecule has 0 saturated heterocycles. The van der Waals surface area contributed by atoms with Gasteiger partial charge in [0, 0.05) is 17.8 Å². The van der Waals surface area contributed by atoms with E-state index >= 15 is 0 Å². The van der Waals surface area contributed by atoms with Gasteiger partial charge in [0.25, 0.3) is 0 Å². The lowest BCUT2D eigenvalue weighted by molar-refractivity contribution is 0.450. The number of aromatic nitrogens is 1. The Morgan fingerprint density at radius 1 is 0.963 bits per heavy atom. The van der Waals surface area contributed by atoms with Crippen molar-refractivity contribution in [3.63, 3.8) is 0 Å². The van der Waals surface area contributed by atoms with Crippen LogP contribution in [0.4, 0.5) is 5.69 Å². The molecule has 0 spiro atoms. The molecule has 0 amide bonds. The second-order valence-electron chi connectivity index (χ2n) is 6.14. The number of oxazole rings is 1. The number of aryl methyl sites for hydroxylation is 1. The average Bonchev–Trinajstić information content (AvgIpc) is 3.07. The molecule has 4 aromatic rings. The number of rotatable bonds is 3. The molecular weight excluding hydrogens is 344 g/mol. The van der Waals surface area contributed by atoms with Crippen LogP contribution in [-0.4, -0.2) is 26.5 Å². The number of benzene rings is 3. The minimum atomic E-state index is -0.0767. The summed E-state index contributed by atoms with van der Waals surface area (Å²) in [6.07, 6.45) is 1.47. The molecule has 4 rings (SSSR count). The first-order valence-electron chi connectivity index (χ1n) is 8.27. The molecule has 0 saturated carbocycles. The number of aliphatic imine (C=N–C) groups is 1. The molecule has 1 aromatic heterocycles. The largest absolute Gasteiger partial charge is 0.508 e. The second-order valence-corrected chi connectivity index (χ2v) is 6.14. The summed E-state index contributed by atoms with van der Waals surface area (Å²) < 4.78 is 5.78. The Morgan fingerprint density at radius 2 is 1.81 bits per heavy atom. The summed E-state index contributed by atoms with van der Waals surface area (Å²) >= 11 is 0. The van der Waals surface area contributed by atoms with E-state index in [4.69, 9.17) is 4.42 Å². The summed E-state index contributed by atoms with van der Waals surface area (Å²) in [5, 5.41) is 29.4. The molecule has 1 heterocycles. The summed E-state index contributed by atoms with van der Waals surface area (Å²) in [6, 6.07) is 14.7. The van der Waals surface area contributed by atoms with E-state index in [1.807, 2.05) is 25.1 Å². The molecule has 6 heteroatoms. The Kier molecular flexibility index (Phi) is 4.01. The van der Waals surface area contributed by atoms with E-state index in [9.17, 15) is 15.3 Å². The van der Waals surface area contributed by atoms with Gasteiger partial charge in [0.1, 0.15) is 22.8 Å². The second kappa shape index (κ2) is 6.49. The van der Waals surface area contributed by atoms with Gasteiger partial charge >= 0.3 is 0 Å². The van der Waals surface area contributed by atoms with Crippen molar-refractivity contribution in [3.05, 3.63) is 65.7 Å². The minimum absolute atomic E-state index is 0.0252. The fourth-order valence-electron chi connectivity index (χ4n) is 2.76. The summed E-state index contributed by atoms with van der Waals surface area (Å²) in [7, 11) is 0. The molecule has 0 unspecified atom stereocenters. The number of fused-ring (bicyclic) bond motifs is 1. The van der Waals surface area contributed by atoms with Crippen LogP contribution >= 0.6 is 0 Å². The molecule has 0 atom stereocenters. The van der Waals surface area contributed by atoms with Crippen LogP contribution in [0.25, 0.3) is 22.6 Å². The zero-order valence-electron chi connectivity index (χ0n) is 14.4. The Hall–Kier alpha value is -3.80. The summed E-state index contributed by atoms with van der Waals surface area (Å²) in [6.45, 7) is 1.94. The first-order chi connectivity index (χ1) is 13.0. The zero-order chi connectivity index (χ0) is 19.0. The van der Waals surface area contributed by atoms with Gasteiger partial charge in [-0.15, -0.1) is 0 Å². The summed E-state index contributed by atoms with van der Waals surface area (Å²) in [5.41, 5.74) is 3.81. The molecule has 6 nitrogen and oxygen atoms in total. The van der Waals surface area contributed by atoms with Crippen molar-refractivity contribution in [2.45, 2.75) is 6.92 Å². The van der Waals surface area contributed by atoms with Gasteiger partial charge in [0.2, 0.25) is 5.89 Å². The number of phenolic OH excluding ortho intramolecular Hbond substituents is 3. The summed E-state index contributed by atoms with van der Waals surface area (Å²) in [4.78, 5) is 8.80. The summed E-state index contributed by atoms with van der Waals surface area (Å²) in [5.74, 6) is 0.238. The fraction of sp³-hybridized carbons (Fsp3) is 0.0476. The Bertz CT molecular complexity index is 1180. The maximum atomic E-state index is 10.2. The van der Waals surface area contributed by atoms with Crippen molar-refractivity contribution in [1.82, 2.24) is 4.98 Å².